The third-order valence-corrected chi connectivity index (χ3v) is 3.63. The first kappa shape index (κ1) is 22.8. The molecule has 0 bridgehead atoms. The first-order valence-electron chi connectivity index (χ1n) is 9.46. The van der Waals surface area contributed by atoms with Gasteiger partial charge in [-0.25, -0.2) is 14.8 Å². The fourth-order valence-electron chi connectivity index (χ4n) is 2.31. The van der Waals surface area contributed by atoms with Gasteiger partial charge in [-0.1, -0.05) is 41.6 Å². The predicted molar refractivity (Wildman–Crippen MR) is 114 cm³/mol. The molecule has 0 saturated carbocycles. The Morgan fingerprint density at radius 3 is 2.53 bits per heavy atom. The van der Waals surface area contributed by atoms with E-state index in [1.54, 1.807) is 70.2 Å². The van der Waals surface area contributed by atoms with E-state index < -0.39 is 11.7 Å². The van der Waals surface area contributed by atoms with Gasteiger partial charge in [-0.15, -0.1) is 0 Å². The molecule has 0 aliphatic carbocycles. The Bertz CT molecular complexity index is 894. The number of carbonyl (C=O) groups excluding carboxylic acids is 1. The molecule has 0 radical (unpaired) electrons. The highest BCUT2D eigenvalue weighted by Gasteiger charge is 2.17. The minimum absolute atomic E-state index is 0.00497. The fourth-order valence-corrected chi connectivity index (χ4v) is 2.31. The van der Waals surface area contributed by atoms with Gasteiger partial charge in [0.05, 0.1) is 5.69 Å². The quantitative estimate of drug-likeness (QED) is 0.358. The van der Waals surface area contributed by atoms with Crippen LogP contribution in [-0.2, 0) is 16.2 Å². The van der Waals surface area contributed by atoms with Crippen molar-refractivity contribution in [2.75, 3.05) is 11.9 Å². The molecule has 3 N–H and O–H groups in total. The molecule has 0 fully saturated rings. The van der Waals surface area contributed by atoms with E-state index in [0.29, 0.717) is 17.1 Å². The van der Waals surface area contributed by atoms with Crippen LogP contribution < -0.4 is 5.32 Å². The lowest BCUT2D eigenvalue weighted by molar-refractivity contribution is -0.00792. The molecule has 1 aromatic carbocycles. The van der Waals surface area contributed by atoms with Gasteiger partial charge in [0, 0.05) is 12.1 Å². The highest BCUT2D eigenvalue weighted by Crippen LogP contribution is 2.12. The van der Waals surface area contributed by atoms with E-state index in [4.69, 9.17) is 15.0 Å². The summed E-state index contributed by atoms with van der Waals surface area (Å²) in [7, 11) is 0. The Morgan fingerprint density at radius 1 is 1.20 bits per heavy atom. The number of hydrogen-bond donors (Lipinski definition) is 3. The fraction of sp³-hybridized carbons (Fsp3) is 0.333. The predicted octanol–water partition coefficient (Wildman–Crippen LogP) is 4.04. The molecule has 1 aromatic heterocycles. The third-order valence-electron chi connectivity index (χ3n) is 3.63. The number of likely N-dealkylation sites (N-methyl/N-ethyl adjacent to an activating group) is 1. The van der Waals surface area contributed by atoms with Crippen LogP contribution in [0, 0.1) is 5.41 Å². The molecule has 0 aliphatic rings. The number of ether oxygens (including phenoxy) is 1. The summed E-state index contributed by atoms with van der Waals surface area (Å²) < 4.78 is 5.21. The average Bonchev–Trinajstić information content (AvgIpc) is 2.69. The lowest BCUT2D eigenvalue weighted by atomic mass is 10.1. The van der Waals surface area contributed by atoms with Gasteiger partial charge in [-0.3, -0.25) is 15.9 Å². The van der Waals surface area contributed by atoms with Crippen LogP contribution >= 0.6 is 0 Å². The van der Waals surface area contributed by atoms with Crippen LogP contribution in [0.2, 0.25) is 0 Å². The van der Waals surface area contributed by atoms with Crippen molar-refractivity contribution >= 4 is 23.5 Å². The third kappa shape index (κ3) is 7.17. The van der Waals surface area contributed by atoms with Crippen LogP contribution in [0.1, 0.15) is 39.0 Å². The van der Waals surface area contributed by atoms with Gasteiger partial charge in [-0.2, -0.15) is 0 Å². The molecule has 2 aromatic rings. The Balaban J connectivity index is 2.09. The number of anilines is 1. The van der Waals surface area contributed by atoms with Crippen LogP contribution in [-0.4, -0.2) is 45.0 Å². The molecule has 0 aliphatic heterocycles. The summed E-state index contributed by atoms with van der Waals surface area (Å²) in [6.07, 6.45) is -0.603. The number of aromatic nitrogens is 1. The zero-order valence-electron chi connectivity index (χ0n) is 17.5. The molecule has 2 rings (SSSR count). The van der Waals surface area contributed by atoms with Gasteiger partial charge in [0.2, 0.25) is 0 Å². The van der Waals surface area contributed by atoms with E-state index in [1.165, 1.54) is 0 Å². The number of amidine groups is 1. The number of benzene rings is 1. The number of oxime groups is 1. The second kappa shape index (κ2) is 10.4. The summed E-state index contributed by atoms with van der Waals surface area (Å²) in [6.45, 7) is 7.27. The van der Waals surface area contributed by atoms with Crippen molar-refractivity contribution in [3.8, 4) is 0 Å². The largest absolute Gasteiger partial charge is 0.444 e. The molecule has 0 unspecified atom stereocenters. The second-order valence-corrected chi connectivity index (χ2v) is 7.28. The van der Waals surface area contributed by atoms with Gasteiger partial charge >= 0.3 is 6.09 Å². The number of nitrogens with zero attached hydrogens (tertiary/aromatic N) is 3. The summed E-state index contributed by atoms with van der Waals surface area (Å²) in [5.74, 6) is 0.134. The normalized spacial score (nSPS) is 11.6. The molecule has 1 heterocycles. The van der Waals surface area contributed by atoms with Crippen LogP contribution in [0.4, 0.5) is 10.6 Å². The number of carbonyl (C=O) groups is 1. The lowest BCUT2D eigenvalue weighted by Crippen LogP contribution is -2.33. The smallest absolute Gasteiger partial charge is 0.413 e. The monoisotopic (exact) mass is 413 g/mol. The van der Waals surface area contributed by atoms with E-state index in [0.717, 1.165) is 5.06 Å². The molecular weight excluding hydrogens is 386 g/mol. The summed E-state index contributed by atoms with van der Waals surface area (Å²) >= 11 is 0. The molecule has 1 amide bonds. The van der Waals surface area contributed by atoms with Crippen molar-refractivity contribution in [2.24, 2.45) is 5.16 Å². The van der Waals surface area contributed by atoms with Crippen molar-refractivity contribution < 1.29 is 19.6 Å². The summed E-state index contributed by atoms with van der Waals surface area (Å²) in [5, 5.41) is 25.4. The molecule has 30 heavy (non-hydrogen) atoms. The van der Waals surface area contributed by atoms with Gasteiger partial charge in [-0.05, 0) is 39.8 Å². The van der Waals surface area contributed by atoms with Crippen molar-refractivity contribution in [3.63, 3.8) is 0 Å². The Kier molecular flexibility index (Phi) is 7.88. The highest BCUT2D eigenvalue weighted by atomic mass is 16.6. The van der Waals surface area contributed by atoms with Gasteiger partial charge in [0.15, 0.2) is 18.2 Å². The molecular formula is C21H27N5O4. The van der Waals surface area contributed by atoms with Crippen molar-refractivity contribution in [3.05, 3.63) is 59.8 Å². The van der Waals surface area contributed by atoms with E-state index in [2.05, 4.69) is 15.5 Å². The molecule has 0 atom stereocenters. The van der Waals surface area contributed by atoms with Crippen molar-refractivity contribution in [1.29, 1.82) is 5.41 Å². The zero-order chi connectivity index (χ0) is 22.1. The second-order valence-electron chi connectivity index (χ2n) is 7.28. The standard InChI is InChI=1S/C21H27N5O4/c1-5-26(28)19(22)18(15-10-7-6-8-11-15)25-29-14-16-12-9-13-17(23-16)24-20(27)30-21(2,3)4/h6-13,22,28H,5,14H2,1-4H3,(H,23,24,27)/b22-19?,25-18-. The lowest BCUT2D eigenvalue weighted by Gasteiger charge is -2.19. The van der Waals surface area contributed by atoms with Crippen LogP contribution in [0.25, 0.3) is 0 Å². The minimum Gasteiger partial charge on any atom is -0.444 e. The molecule has 9 heteroatoms. The number of nitrogens with one attached hydrogen (secondary N) is 2. The maximum atomic E-state index is 11.9. The SMILES string of the molecule is CCN(O)C(=N)/C(=N\OCc1cccc(NC(=O)OC(C)(C)C)n1)c1ccccc1. The first-order chi connectivity index (χ1) is 14.2. The summed E-state index contributed by atoms with van der Waals surface area (Å²) in [4.78, 5) is 21.6. The Hall–Kier alpha value is -3.46. The number of hydrogen-bond acceptors (Lipinski definition) is 7. The summed E-state index contributed by atoms with van der Waals surface area (Å²) in [6, 6.07) is 14.1. The van der Waals surface area contributed by atoms with E-state index >= 15 is 0 Å². The van der Waals surface area contributed by atoms with Crippen LogP contribution in [0.15, 0.2) is 53.7 Å². The molecule has 0 saturated heterocycles. The first-order valence-corrected chi connectivity index (χ1v) is 9.46. The minimum atomic E-state index is -0.614. The number of amides is 1. The van der Waals surface area contributed by atoms with E-state index in [9.17, 15) is 10.0 Å². The van der Waals surface area contributed by atoms with Crippen molar-refractivity contribution in [2.45, 2.75) is 39.9 Å². The molecule has 0 spiro atoms. The maximum absolute atomic E-state index is 11.9. The van der Waals surface area contributed by atoms with Gasteiger partial charge < -0.3 is 9.57 Å². The van der Waals surface area contributed by atoms with Gasteiger partial charge in [0.1, 0.15) is 11.4 Å². The Morgan fingerprint density at radius 2 is 1.90 bits per heavy atom. The maximum Gasteiger partial charge on any atom is 0.413 e. The average molecular weight is 413 g/mol. The zero-order valence-corrected chi connectivity index (χ0v) is 17.5. The van der Waals surface area contributed by atoms with Crippen LogP contribution in [0.5, 0.6) is 0 Å². The number of hydroxylamine groups is 2. The van der Waals surface area contributed by atoms with Gasteiger partial charge in [0.25, 0.3) is 0 Å². The molecule has 160 valence electrons. The molecule has 9 nitrogen and oxygen atoms in total. The van der Waals surface area contributed by atoms with Crippen LogP contribution in [0.3, 0.4) is 0 Å². The topological polar surface area (TPSA) is 120 Å². The van der Waals surface area contributed by atoms with E-state index in [-0.39, 0.29) is 24.7 Å². The number of pyridine rings is 1. The highest BCUT2D eigenvalue weighted by molar-refractivity contribution is 6.45. The van der Waals surface area contributed by atoms with E-state index in [1.807, 2.05) is 6.07 Å². The number of rotatable bonds is 7. The Labute approximate surface area is 175 Å². The summed E-state index contributed by atoms with van der Waals surface area (Å²) in [5.41, 5.74) is 0.713. The van der Waals surface area contributed by atoms with Crippen molar-refractivity contribution in [1.82, 2.24) is 10.0 Å².